The van der Waals surface area contributed by atoms with E-state index in [0.29, 0.717) is 0 Å². The predicted molar refractivity (Wildman–Crippen MR) is 85.6 cm³/mol. The fourth-order valence-corrected chi connectivity index (χ4v) is 2.48. The summed E-state index contributed by atoms with van der Waals surface area (Å²) in [6.07, 6.45) is 0. The van der Waals surface area contributed by atoms with Gasteiger partial charge in [-0.2, -0.15) is 0 Å². The summed E-state index contributed by atoms with van der Waals surface area (Å²) in [5.41, 5.74) is 2.31. The molecule has 0 heterocycles. The van der Waals surface area contributed by atoms with Crippen molar-refractivity contribution < 1.29 is 0 Å². The van der Waals surface area contributed by atoms with E-state index >= 15 is 0 Å². The molecule has 0 saturated heterocycles. The molecule has 2 rings (SSSR count). The minimum atomic E-state index is 0.743. The van der Waals surface area contributed by atoms with Crippen LogP contribution in [0.15, 0.2) is 46.9 Å². The van der Waals surface area contributed by atoms with Gasteiger partial charge in [0.25, 0.3) is 0 Å². The molecule has 0 unspecified atom stereocenters. The molecule has 0 amide bonds. The van der Waals surface area contributed by atoms with Crippen LogP contribution in [0, 0.1) is 3.57 Å². The molecule has 0 aliphatic carbocycles. The monoisotopic (exact) mass is 421 g/mol. The van der Waals surface area contributed by atoms with Gasteiger partial charge in [-0.1, -0.05) is 29.8 Å². The maximum absolute atomic E-state index is 6.05. The van der Waals surface area contributed by atoms with Gasteiger partial charge in [-0.05, 0) is 68.3 Å². The topological polar surface area (TPSA) is 12.0 Å². The van der Waals surface area contributed by atoms with Gasteiger partial charge in [0.2, 0.25) is 0 Å². The third-order valence-corrected chi connectivity index (χ3v) is 4.51. The van der Waals surface area contributed by atoms with Gasteiger partial charge < -0.3 is 5.32 Å². The molecule has 0 bridgehead atoms. The quantitative estimate of drug-likeness (QED) is 0.661. The first-order valence-electron chi connectivity index (χ1n) is 5.09. The van der Waals surface area contributed by atoms with Gasteiger partial charge in [-0.25, -0.2) is 0 Å². The maximum Gasteiger partial charge on any atom is 0.0551 e. The van der Waals surface area contributed by atoms with Crippen molar-refractivity contribution in [2.75, 3.05) is 5.32 Å². The molecule has 0 fully saturated rings. The van der Waals surface area contributed by atoms with Crippen LogP contribution in [0.3, 0.4) is 0 Å². The van der Waals surface area contributed by atoms with Crippen molar-refractivity contribution in [2.24, 2.45) is 0 Å². The molecule has 17 heavy (non-hydrogen) atoms. The molecule has 0 radical (unpaired) electrons. The van der Waals surface area contributed by atoms with Crippen LogP contribution in [-0.4, -0.2) is 0 Å². The molecule has 2 aromatic carbocycles. The molecule has 0 saturated carbocycles. The first kappa shape index (κ1) is 13.2. The van der Waals surface area contributed by atoms with Crippen molar-refractivity contribution in [3.63, 3.8) is 0 Å². The van der Waals surface area contributed by atoms with Gasteiger partial charge in [0.15, 0.2) is 0 Å². The van der Waals surface area contributed by atoms with Crippen LogP contribution in [-0.2, 0) is 6.54 Å². The van der Waals surface area contributed by atoms with Crippen molar-refractivity contribution in [2.45, 2.75) is 6.54 Å². The summed E-state index contributed by atoms with van der Waals surface area (Å²) >= 11 is 11.8. The zero-order valence-corrected chi connectivity index (χ0v) is 13.4. The lowest BCUT2D eigenvalue weighted by Crippen LogP contribution is -2.00. The molecule has 88 valence electrons. The van der Waals surface area contributed by atoms with E-state index in [1.54, 1.807) is 0 Å². The summed E-state index contributed by atoms with van der Waals surface area (Å²) in [4.78, 5) is 0. The number of halogens is 3. The molecule has 0 atom stereocenters. The van der Waals surface area contributed by atoms with Crippen molar-refractivity contribution >= 4 is 55.8 Å². The molecule has 1 nitrogen and oxygen atoms in total. The second-order valence-corrected chi connectivity index (χ2v) is 6.01. The second-order valence-electron chi connectivity index (χ2n) is 3.58. The third-order valence-electron chi connectivity index (χ3n) is 2.34. The fraction of sp³-hybridized carbons (Fsp3) is 0.0769. The Morgan fingerprint density at radius 1 is 1.18 bits per heavy atom. The van der Waals surface area contributed by atoms with E-state index in [-0.39, 0.29) is 0 Å². The van der Waals surface area contributed by atoms with Crippen molar-refractivity contribution in [3.05, 3.63) is 61.1 Å². The standard InChI is InChI=1S/C13H10BrClIN/c14-10-6-5-9(7-11(10)15)8-17-13-4-2-1-3-12(13)16/h1-7,17H,8H2. The summed E-state index contributed by atoms with van der Waals surface area (Å²) in [6.45, 7) is 0.771. The number of nitrogens with one attached hydrogen (secondary N) is 1. The normalized spacial score (nSPS) is 10.3. The van der Waals surface area contributed by atoms with Crippen LogP contribution in [0.1, 0.15) is 5.56 Å². The SMILES string of the molecule is Clc1cc(CNc2ccccc2I)ccc1Br. The van der Waals surface area contributed by atoms with Crippen LogP contribution in [0.5, 0.6) is 0 Å². The molecule has 0 spiro atoms. The van der Waals surface area contributed by atoms with Crippen molar-refractivity contribution in [1.82, 2.24) is 0 Å². The van der Waals surface area contributed by atoms with E-state index in [1.165, 1.54) is 3.57 Å². The van der Waals surface area contributed by atoms with Crippen LogP contribution < -0.4 is 5.32 Å². The minimum Gasteiger partial charge on any atom is -0.380 e. The van der Waals surface area contributed by atoms with Crippen LogP contribution in [0.25, 0.3) is 0 Å². The van der Waals surface area contributed by atoms with Gasteiger partial charge in [-0.15, -0.1) is 0 Å². The average molecular weight is 422 g/mol. The lowest BCUT2D eigenvalue weighted by atomic mass is 10.2. The first-order valence-corrected chi connectivity index (χ1v) is 7.34. The van der Waals surface area contributed by atoms with Crippen LogP contribution >= 0.6 is 50.1 Å². The number of para-hydroxylation sites is 1. The summed E-state index contributed by atoms with van der Waals surface area (Å²) in [6, 6.07) is 14.2. The Morgan fingerprint density at radius 2 is 1.94 bits per heavy atom. The van der Waals surface area contributed by atoms with Crippen molar-refractivity contribution in [3.8, 4) is 0 Å². The second kappa shape index (κ2) is 6.07. The summed E-state index contributed by atoms with van der Waals surface area (Å²) in [5.74, 6) is 0. The Morgan fingerprint density at radius 3 is 2.65 bits per heavy atom. The molecular weight excluding hydrogens is 412 g/mol. The summed E-state index contributed by atoms with van der Waals surface area (Å²) < 4.78 is 2.14. The van der Waals surface area contributed by atoms with Gasteiger partial charge in [0.1, 0.15) is 0 Å². The van der Waals surface area contributed by atoms with Gasteiger partial charge in [0.05, 0.1) is 5.02 Å². The van der Waals surface area contributed by atoms with Crippen LogP contribution in [0.4, 0.5) is 5.69 Å². The lowest BCUT2D eigenvalue weighted by Gasteiger charge is -2.09. The molecular formula is C13H10BrClIN. The van der Waals surface area contributed by atoms with E-state index in [2.05, 4.69) is 62.0 Å². The van der Waals surface area contributed by atoms with Gasteiger partial charge in [0, 0.05) is 20.3 Å². The van der Waals surface area contributed by atoms with E-state index in [1.807, 2.05) is 24.3 Å². The average Bonchev–Trinajstić information content (AvgIpc) is 2.32. The molecule has 0 aliphatic rings. The molecule has 0 aromatic heterocycles. The molecule has 2 aromatic rings. The van der Waals surface area contributed by atoms with Gasteiger partial charge >= 0.3 is 0 Å². The number of anilines is 1. The molecule has 0 aliphatic heterocycles. The first-order chi connectivity index (χ1) is 8.16. The molecule has 1 N–H and O–H groups in total. The summed E-state index contributed by atoms with van der Waals surface area (Å²) in [5, 5.41) is 4.14. The van der Waals surface area contributed by atoms with Gasteiger partial charge in [-0.3, -0.25) is 0 Å². The largest absolute Gasteiger partial charge is 0.380 e. The van der Waals surface area contributed by atoms with E-state index in [4.69, 9.17) is 11.6 Å². The number of rotatable bonds is 3. The number of hydrogen-bond acceptors (Lipinski definition) is 1. The highest BCUT2D eigenvalue weighted by Gasteiger charge is 2.01. The van der Waals surface area contributed by atoms with E-state index in [9.17, 15) is 0 Å². The maximum atomic E-state index is 6.05. The van der Waals surface area contributed by atoms with Crippen LogP contribution in [0.2, 0.25) is 5.02 Å². The molecule has 4 heteroatoms. The highest BCUT2D eigenvalue weighted by Crippen LogP contribution is 2.24. The highest BCUT2D eigenvalue weighted by molar-refractivity contribution is 14.1. The van der Waals surface area contributed by atoms with E-state index in [0.717, 1.165) is 27.3 Å². The van der Waals surface area contributed by atoms with E-state index < -0.39 is 0 Å². The Balaban J connectivity index is 2.08. The highest BCUT2D eigenvalue weighted by atomic mass is 127. The Kier molecular flexibility index (Phi) is 4.70. The lowest BCUT2D eigenvalue weighted by molar-refractivity contribution is 1.14. The zero-order valence-electron chi connectivity index (χ0n) is 8.88. The minimum absolute atomic E-state index is 0.743. The Bertz CT molecular complexity index is 531. The van der Waals surface area contributed by atoms with Crippen molar-refractivity contribution in [1.29, 1.82) is 0 Å². The Labute approximate surface area is 128 Å². The zero-order chi connectivity index (χ0) is 12.3. The fourth-order valence-electron chi connectivity index (χ4n) is 1.45. The Hall–Kier alpha value is -0.260. The predicted octanol–water partition coefficient (Wildman–Crippen LogP) is 5.32. The third kappa shape index (κ3) is 3.60. The number of hydrogen-bond donors (Lipinski definition) is 1. The smallest absolute Gasteiger partial charge is 0.0551 e. The summed E-state index contributed by atoms with van der Waals surface area (Å²) in [7, 11) is 0. The number of benzene rings is 2.